The third-order valence-electron chi connectivity index (χ3n) is 4.17. The first kappa shape index (κ1) is 18.0. The molecule has 3 rings (SSSR count). The standard InChI is InChI=1S/C21H16N2O4/c1-22(21(25)16-10-6-3-7-11-16)17-12-13-18(19(14-17)23(26)27)20(24)15-8-4-2-5-9-15/h2-14H,1H3. The van der Waals surface area contributed by atoms with Gasteiger partial charge in [-0.3, -0.25) is 19.7 Å². The number of amides is 1. The fourth-order valence-electron chi connectivity index (χ4n) is 2.71. The van der Waals surface area contributed by atoms with Gasteiger partial charge in [0, 0.05) is 24.2 Å². The highest BCUT2D eigenvalue weighted by Gasteiger charge is 2.24. The molecule has 3 aromatic carbocycles. The maximum absolute atomic E-state index is 12.6. The van der Waals surface area contributed by atoms with Crippen molar-refractivity contribution in [3.8, 4) is 0 Å². The smallest absolute Gasteiger partial charge is 0.282 e. The Balaban J connectivity index is 1.98. The maximum atomic E-state index is 12.6. The predicted molar refractivity (Wildman–Crippen MR) is 102 cm³/mol. The number of hydrogen-bond donors (Lipinski definition) is 0. The molecule has 0 bridgehead atoms. The number of rotatable bonds is 5. The van der Waals surface area contributed by atoms with E-state index in [4.69, 9.17) is 0 Å². The van der Waals surface area contributed by atoms with E-state index >= 15 is 0 Å². The van der Waals surface area contributed by atoms with E-state index in [-0.39, 0.29) is 17.2 Å². The van der Waals surface area contributed by atoms with Crippen molar-refractivity contribution in [2.45, 2.75) is 0 Å². The van der Waals surface area contributed by atoms with Gasteiger partial charge < -0.3 is 4.90 Å². The number of hydrogen-bond acceptors (Lipinski definition) is 4. The van der Waals surface area contributed by atoms with E-state index in [2.05, 4.69) is 0 Å². The summed E-state index contributed by atoms with van der Waals surface area (Å²) in [6.07, 6.45) is 0. The van der Waals surface area contributed by atoms with E-state index in [1.165, 1.54) is 30.1 Å². The van der Waals surface area contributed by atoms with Gasteiger partial charge in [0.1, 0.15) is 5.56 Å². The zero-order valence-electron chi connectivity index (χ0n) is 14.5. The van der Waals surface area contributed by atoms with Gasteiger partial charge in [0.25, 0.3) is 11.6 Å². The molecule has 0 atom stereocenters. The molecule has 0 aliphatic carbocycles. The molecule has 0 saturated carbocycles. The molecule has 0 radical (unpaired) electrons. The molecule has 134 valence electrons. The summed E-state index contributed by atoms with van der Waals surface area (Å²) >= 11 is 0. The summed E-state index contributed by atoms with van der Waals surface area (Å²) in [5.41, 5.74) is 0.805. The number of carbonyl (C=O) groups excluding carboxylic acids is 2. The van der Waals surface area contributed by atoms with Crippen molar-refractivity contribution >= 4 is 23.1 Å². The fraction of sp³-hybridized carbons (Fsp3) is 0.0476. The Kier molecular flexibility index (Phi) is 5.08. The molecule has 6 heteroatoms. The van der Waals surface area contributed by atoms with E-state index in [9.17, 15) is 19.7 Å². The molecular formula is C21H16N2O4. The van der Waals surface area contributed by atoms with Crippen molar-refractivity contribution in [3.05, 3.63) is 106 Å². The van der Waals surface area contributed by atoms with Crippen molar-refractivity contribution < 1.29 is 14.5 Å². The first-order valence-electron chi connectivity index (χ1n) is 8.20. The predicted octanol–water partition coefficient (Wildman–Crippen LogP) is 4.10. The minimum Gasteiger partial charge on any atom is -0.311 e. The van der Waals surface area contributed by atoms with Gasteiger partial charge in [-0.1, -0.05) is 48.5 Å². The van der Waals surface area contributed by atoms with E-state index in [0.29, 0.717) is 16.8 Å². The lowest BCUT2D eigenvalue weighted by atomic mass is 10.0. The Morgan fingerprint density at radius 3 is 1.96 bits per heavy atom. The molecule has 1 amide bonds. The Labute approximate surface area is 155 Å². The molecule has 0 aliphatic heterocycles. The maximum Gasteiger partial charge on any atom is 0.282 e. The molecule has 0 unspecified atom stereocenters. The third-order valence-corrected chi connectivity index (χ3v) is 4.17. The second kappa shape index (κ2) is 7.61. The lowest BCUT2D eigenvalue weighted by Crippen LogP contribution is -2.26. The second-order valence-electron chi connectivity index (χ2n) is 5.88. The minimum atomic E-state index is -0.611. The van der Waals surface area contributed by atoms with E-state index in [0.717, 1.165) is 0 Å². The molecule has 0 N–H and O–H groups in total. The first-order chi connectivity index (χ1) is 13.0. The number of nitrogens with zero attached hydrogens (tertiary/aromatic N) is 2. The first-order valence-corrected chi connectivity index (χ1v) is 8.20. The molecule has 0 aromatic heterocycles. The van der Waals surface area contributed by atoms with Crippen molar-refractivity contribution in [1.82, 2.24) is 0 Å². The van der Waals surface area contributed by atoms with Crippen molar-refractivity contribution in [1.29, 1.82) is 0 Å². The SMILES string of the molecule is CN(C(=O)c1ccccc1)c1ccc(C(=O)c2ccccc2)c([N+](=O)[O-])c1. The van der Waals surface area contributed by atoms with Crippen molar-refractivity contribution in [3.63, 3.8) is 0 Å². The number of nitro benzene ring substituents is 1. The molecule has 0 aliphatic rings. The highest BCUT2D eigenvalue weighted by Crippen LogP contribution is 2.28. The van der Waals surface area contributed by atoms with Crippen LogP contribution in [-0.2, 0) is 0 Å². The summed E-state index contributed by atoms with van der Waals surface area (Å²) in [6.45, 7) is 0. The second-order valence-corrected chi connectivity index (χ2v) is 5.88. The highest BCUT2D eigenvalue weighted by atomic mass is 16.6. The Hall–Kier alpha value is -3.80. The van der Waals surface area contributed by atoms with Crippen LogP contribution in [-0.4, -0.2) is 23.7 Å². The summed E-state index contributed by atoms with van der Waals surface area (Å²) in [7, 11) is 1.53. The van der Waals surface area contributed by atoms with Crippen LogP contribution in [0.15, 0.2) is 78.9 Å². The molecule has 0 fully saturated rings. The Morgan fingerprint density at radius 1 is 0.852 bits per heavy atom. The normalized spacial score (nSPS) is 10.3. The lowest BCUT2D eigenvalue weighted by molar-refractivity contribution is -0.385. The quantitative estimate of drug-likeness (QED) is 0.390. The van der Waals surface area contributed by atoms with Gasteiger partial charge >= 0.3 is 0 Å². The van der Waals surface area contributed by atoms with Gasteiger partial charge in [0.2, 0.25) is 0 Å². The lowest BCUT2D eigenvalue weighted by Gasteiger charge is -2.18. The minimum absolute atomic E-state index is 0.0180. The topological polar surface area (TPSA) is 80.5 Å². The number of ketones is 1. The van der Waals surface area contributed by atoms with E-state index in [1.54, 1.807) is 60.7 Å². The van der Waals surface area contributed by atoms with Crippen molar-refractivity contribution in [2.24, 2.45) is 0 Å². The number of carbonyl (C=O) groups is 2. The van der Waals surface area contributed by atoms with Crippen LogP contribution in [0.5, 0.6) is 0 Å². The van der Waals surface area contributed by atoms with Crippen LogP contribution in [0, 0.1) is 10.1 Å². The van der Waals surface area contributed by atoms with Gasteiger partial charge in [0.15, 0.2) is 5.78 Å². The van der Waals surface area contributed by atoms with Gasteiger partial charge in [-0.15, -0.1) is 0 Å². The monoisotopic (exact) mass is 360 g/mol. The van der Waals surface area contributed by atoms with Gasteiger partial charge in [-0.05, 0) is 24.3 Å². The van der Waals surface area contributed by atoms with Crippen LogP contribution < -0.4 is 4.90 Å². The van der Waals surface area contributed by atoms with Gasteiger partial charge in [-0.25, -0.2) is 0 Å². The van der Waals surface area contributed by atoms with Crippen LogP contribution in [0.4, 0.5) is 11.4 Å². The van der Waals surface area contributed by atoms with Crippen LogP contribution in [0.25, 0.3) is 0 Å². The zero-order valence-corrected chi connectivity index (χ0v) is 14.5. The van der Waals surface area contributed by atoms with Crippen LogP contribution >= 0.6 is 0 Å². The summed E-state index contributed by atoms with van der Waals surface area (Å²) < 4.78 is 0. The number of anilines is 1. The Morgan fingerprint density at radius 2 is 1.41 bits per heavy atom. The van der Waals surface area contributed by atoms with Gasteiger partial charge in [0.05, 0.1) is 10.6 Å². The number of benzene rings is 3. The summed E-state index contributed by atoms with van der Waals surface area (Å²) in [5, 5.41) is 11.5. The van der Waals surface area contributed by atoms with E-state index in [1.807, 2.05) is 0 Å². The fourth-order valence-corrected chi connectivity index (χ4v) is 2.71. The number of nitro groups is 1. The largest absolute Gasteiger partial charge is 0.311 e. The average Bonchev–Trinajstić information content (AvgIpc) is 2.73. The van der Waals surface area contributed by atoms with Crippen LogP contribution in [0.3, 0.4) is 0 Å². The summed E-state index contributed by atoms with van der Waals surface area (Å²) in [4.78, 5) is 37.4. The van der Waals surface area contributed by atoms with Gasteiger partial charge in [-0.2, -0.15) is 0 Å². The highest BCUT2D eigenvalue weighted by molar-refractivity contribution is 6.12. The van der Waals surface area contributed by atoms with Crippen molar-refractivity contribution in [2.75, 3.05) is 11.9 Å². The molecule has 3 aromatic rings. The summed E-state index contributed by atoms with van der Waals surface area (Å²) in [6, 6.07) is 21.1. The molecule has 6 nitrogen and oxygen atoms in total. The van der Waals surface area contributed by atoms with E-state index < -0.39 is 10.7 Å². The molecule has 0 saturated heterocycles. The Bertz CT molecular complexity index is 1000. The average molecular weight is 360 g/mol. The van der Waals surface area contributed by atoms with Crippen LogP contribution in [0.2, 0.25) is 0 Å². The molecule has 27 heavy (non-hydrogen) atoms. The molecule has 0 spiro atoms. The summed E-state index contributed by atoms with van der Waals surface area (Å²) in [5.74, 6) is -0.738. The molecule has 0 heterocycles. The van der Waals surface area contributed by atoms with Crippen LogP contribution in [0.1, 0.15) is 26.3 Å². The molecular weight excluding hydrogens is 344 g/mol. The zero-order chi connectivity index (χ0) is 19.4. The third kappa shape index (κ3) is 3.74.